The van der Waals surface area contributed by atoms with Crippen LogP contribution in [0.5, 0.6) is 0 Å². The van der Waals surface area contributed by atoms with Crippen LogP contribution in [0.15, 0.2) is 97.4 Å². The maximum atomic E-state index is 5.15. The number of ether oxygens (including phenoxy) is 1. The SMILES string of the molecule is CC1=NC(C)CC1.CC1CCCO1.Cc1ccc(C)nc1.Cc1cccnc1.Cc1cnc(C)c(C)c1.Cc1cnc(C)nc1.Cc1cnc(C)s1.Cc1cncnc1. The van der Waals surface area contributed by atoms with Gasteiger partial charge in [-0.15, -0.1) is 11.3 Å². The molecule has 0 saturated carbocycles. The zero-order valence-corrected chi connectivity index (χ0v) is 39.0. The van der Waals surface area contributed by atoms with Crippen LogP contribution < -0.4 is 0 Å². The molecule has 318 valence electrons. The second kappa shape index (κ2) is 30.9. The van der Waals surface area contributed by atoms with E-state index in [1.807, 2.05) is 111 Å². The van der Waals surface area contributed by atoms with Gasteiger partial charge in [-0.3, -0.25) is 19.9 Å². The second-order valence-corrected chi connectivity index (χ2v) is 16.2. The Morgan fingerprint density at radius 2 is 1.20 bits per heavy atom. The fourth-order valence-corrected chi connectivity index (χ4v) is 5.41. The average Bonchev–Trinajstić information content (AvgIpc) is 3.96. The maximum absolute atomic E-state index is 5.15. The summed E-state index contributed by atoms with van der Waals surface area (Å²) < 4.78 is 5.15. The third-order valence-electron chi connectivity index (χ3n) is 8.20. The molecule has 11 heteroatoms. The van der Waals surface area contributed by atoms with E-state index in [0.29, 0.717) is 12.1 Å². The maximum Gasteiger partial charge on any atom is 0.125 e. The van der Waals surface area contributed by atoms with E-state index in [1.54, 1.807) is 29.9 Å². The van der Waals surface area contributed by atoms with Crippen LogP contribution in [0.2, 0.25) is 0 Å². The van der Waals surface area contributed by atoms with E-state index >= 15 is 0 Å². The molecule has 8 heterocycles. The molecule has 0 N–H and O–H groups in total. The van der Waals surface area contributed by atoms with Crippen LogP contribution in [0.3, 0.4) is 0 Å². The lowest BCUT2D eigenvalue weighted by Crippen LogP contribution is -1.94. The number of hydrogen-bond donors (Lipinski definition) is 0. The van der Waals surface area contributed by atoms with E-state index in [4.69, 9.17) is 4.74 Å². The Balaban J connectivity index is 0.000000338. The Morgan fingerprint density at radius 3 is 1.49 bits per heavy atom. The Morgan fingerprint density at radius 1 is 0.593 bits per heavy atom. The fraction of sp³-hybridized carbons (Fsp3) is 0.438. The molecule has 8 rings (SSSR count). The third-order valence-corrected chi connectivity index (χ3v) is 9.03. The van der Waals surface area contributed by atoms with Crippen molar-refractivity contribution >= 4 is 17.0 Å². The van der Waals surface area contributed by atoms with Gasteiger partial charge in [-0.05, 0) is 168 Å². The van der Waals surface area contributed by atoms with Crippen molar-refractivity contribution in [1.82, 2.24) is 39.9 Å². The summed E-state index contributed by atoms with van der Waals surface area (Å²) in [5, 5.41) is 1.15. The van der Waals surface area contributed by atoms with Crippen molar-refractivity contribution in [1.29, 1.82) is 0 Å². The number of thiazole rings is 1. The van der Waals surface area contributed by atoms with E-state index in [-0.39, 0.29) is 0 Å². The van der Waals surface area contributed by atoms with Crippen LogP contribution in [0.4, 0.5) is 0 Å². The number of pyridine rings is 3. The first-order chi connectivity index (χ1) is 28.0. The summed E-state index contributed by atoms with van der Waals surface area (Å²) in [4.78, 5) is 37.3. The smallest absolute Gasteiger partial charge is 0.125 e. The molecular formula is C48H69N9OS. The minimum absolute atomic E-state index is 0.546. The van der Waals surface area contributed by atoms with Crippen molar-refractivity contribution in [2.24, 2.45) is 4.99 Å². The average molecular weight is 820 g/mol. The lowest BCUT2D eigenvalue weighted by atomic mass is 10.2. The number of aromatic nitrogens is 8. The summed E-state index contributed by atoms with van der Waals surface area (Å²) in [6, 6.07) is 10.8. The molecule has 6 aromatic heterocycles. The van der Waals surface area contributed by atoms with E-state index in [9.17, 15) is 0 Å². The minimum Gasteiger partial charge on any atom is -0.379 e. The Labute approximate surface area is 359 Å². The molecule has 0 amide bonds. The minimum atomic E-state index is 0.546. The van der Waals surface area contributed by atoms with Gasteiger partial charge < -0.3 is 4.74 Å². The number of aliphatic imine (C=N–C) groups is 1. The topological polar surface area (TPSA) is 125 Å². The zero-order chi connectivity index (χ0) is 44.0. The molecule has 0 bridgehead atoms. The summed E-state index contributed by atoms with van der Waals surface area (Å²) in [5.41, 5.74) is 10.7. The number of rotatable bonds is 0. The Kier molecular flexibility index (Phi) is 27.2. The monoisotopic (exact) mass is 820 g/mol. The van der Waals surface area contributed by atoms with E-state index < -0.39 is 0 Å². The molecule has 0 radical (unpaired) electrons. The first-order valence-corrected chi connectivity index (χ1v) is 21.0. The normalized spacial score (nSPS) is 14.3. The van der Waals surface area contributed by atoms with Crippen LogP contribution >= 0.6 is 11.3 Å². The van der Waals surface area contributed by atoms with Crippen molar-refractivity contribution in [3.63, 3.8) is 0 Å². The van der Waals surface area contributed by atoms with Gasteiger partial charge in [0.1, 0.15) is 12.2 Å². The van der Waals surface area contributed by atoms with Gasteiger partial charge in [0.05, 0.1) is 11.1 Å². The highest BCUT2D eigenvalue weighted by molar-refractivity contribution is 7.11. The Bertz CT molecular complexity index is 1820. The van der Waals surface area contributed by atoms with Crippen LogP contribution in [0.25, 0.3) is 0 Å². The van der Waals surface area contributed by atoms with Gasteiger partial charge in [0.15, 0.2) is 0 Å². The summed E-state index contributed by atoms with van der Waals surface area (Å²) >= 11 is 1.73. The lowest BCUT2D eigenvalue weighted by Gasteiger charge is -1.97. The number of hydrogen-bond acceptors (Lipinski definition) is 11. The fourth-order valence-electron chi connectivity index (χ4n) is 4.73. The highest BCUT2D eigenvalue weighted by Gasteiger charge is 2.07. The molecule has 2 unspecified atom stereocenters. The van der Waals surface area contributed by atoms with Crippen molar-refractivity contribution < 1.29 is 4.74 Å². The van der Waals surface area contributed by atoms with E-state index in [1.165, 1.54) is 64.9 Å². The zero-order valence-electron chi connectivity index (χ0n) is 38.2. The highest BCUT2D eigenvalue weighted by atomic mass is 32.1. The number of nitrogens with zero attached hydrogens (tertiary/aromatic N) is 9. The van der Waals surface area contributed by atoms with E-state index in [0.717, 1.165) is 40.0 Å². The van der Waals surface area contributed by atoms with Gasteiger partial charge >= 0.3 is 0 Å². The number of aryl methyl sites for hydroxylation is 11. The molecule has 2 aliphatic heterocycles. The van der Waals surface area contributed by atoms with Gasteiger partial charge in [0, 0.05) is 90.4 Å². The molecule has 59 heavy (non-hydrogen) atoms. The van der Waals surface area contributed by atoms with Crippen molar-refractivity contribution in [2.75, 3.05) is 6.61 Å². The molecule has 6 aromatic rings. The van der Waals surface area contributed by atoms with Crippen LogP contribution in [-0.4, -0.2) is 64.3 Å². The molecule has 1 fully saturated rings. The second-order valence-electron chi connectivity index (χ2n) is 14.7. The quantitative estimate of drug-likeness (QED) is 0.147. The molecule has 0 aliphatic carbocycles. The van der Waals surface area contributed by atoms with Crippen LogP contribution in [0, 0.1) is 76.2 Å². The summed E-state index contributed by atoms with van der Waals surface area (Å²) in [5.74, 6) is 0.829. The van der Waals surface area contributed by atoms with Crippen LogP contribution in [0.1, 0.15) is 107 Å². The predicted octanol–water partition coefficient (Wildman–Crippen LogP) is 11.5. The van der Waals surface area contributed by atoms with Gasteiger partial charge in [0.25, 0.3) is 0 Å². The van der Waals surface area contributed by atoms with E-state index in [2.05, 4.69) is 98.5 Å². The largest absolute Gasteiger partial charge is 0.379 e. The van der Waals surface area contributed by atoms with Gasteiger partial charge in [-0.2, -0.15) is 0 Å². The molecule has 2 atom stereocenters. The van der Waals surface area contributed by atoms with Gasteiger partial charge in [-0.1, -0.05) is 18.2 Å². The lowest BCUT2D eigenvalue weighted by molar-refractivity contribution is 0.125. The van der Waals surface area contributed by atoms with Gasteiger partial charge in [0.2, 0.25) is 0 Å². The first kappa shape index (κ1) is 51.9. The molecule has 10 nitrogen and oxygen atoms in total. The van der Waals surface area contributed by atoms with Crippen molar-refractivity contribution in [3.05, 3.63) is 153 Å². The molecular weight excluding hydrogens is 751 g/mol. The van der Waals surface area contributed by atoms with Crippen molar-refractivity contribution in [3.8, 4) is 0 Å². The molecule has 0 spiro atoms. The van der Waals surface area contributed by atoms with Crippen molar-refractivity contribution in [2.45, 2.75) is 135 Å². The molecule has 2 aliphatic rings. The third kappa shape index (κ3) is 28.8. The van der Waals surface area contributed by atoms with Gasteiger partial charge in [-0.25, -0.2) is 24.9 Å². The standard InChI is InChI=1S/C8H11N.C7H9N.C6H8N2.C6H11N.C6H7N.C5H6N2.C5H7NS.C5H10O/c1-6-4-7(2)8(3)9-5-6;1-6-3-4-7(2)8-5-6;1-5-3-7-6(2)8-4-5;1-5-3-4-6(2)7-5;1-6-3-2-4-7-5-6;1-5-2-6-4-7-3-5;1-4-3-6-5(2)7-4;1-5-3-2-4-6-5/h4-5H,1-3H3;3-5H,1-2H3;3-4H,1-2H3;5H,3-4H2,1-2H3;2-5H,1H3;2-4H,1H3;3H,1-2H3;5H,2-4H2,1H3. The first-order valence-electron chi connectivity index (χ1n) is 20.2. The Hall–Kier alpha value is -5.13. The summed E-state index contributed by atoms with van der Waals surface area (Å²) in [6.07, 6.45) is 23.5. The van der Waals surface area contributed by atoms with Crippen LogP contribution in [-0.2, 0) is 4.74 Å². The summed E-state index contributed by atoms with van der Waals surface area (Å²) in [7, 11) is 0. The predicted molar refractivity (Wildman–Crippen MR) is 247 cm³/mol. The highest BCUT2D eigenvalue weighted by Crippen LogP contribution is 2.11. The molecule has 0 aromatic carbocycles. The molecule has 1 saturated heterocycles. The summed E-state index contributed by atoms with van der Waals surface area (Å²) in [6.45, 7) is 29.4.